The fourth-order valence-electron chi connectivity index (χ4n) is 2.37. The minimum absolute atomic E-state index is 0.0802. The molecule has 4 heteroatoms. The van der Waals surface area contributed by atoms with Gasteiger partial charge in [-0.25, -0.2) is 4.98 Å². The van der Waals surface area contributed by atoms with Gasteiger partial charge in [-0.3, -0.25) is 0 Å². The maximum absolute atomic E-state index is 5.95. The molecule has 1 N–H and O–H groups in total. The van der Waals surface area contributed by atoms with E-state index >= 15 is 0 Å². The molecule has 1 aromatic carbocycles. The first-order valence-corrected chi connectivity index (χ1v) is 7.84. The molecule has 100 valence electrons. The van der Waals surface area contributed by atoms with Gasteiger partial charge < -0.3 is 5.32 Å². The van der Waals surface area contributed by atoms with E-state index < -0.39 is 0 Å². The van der Waals surface area contributed by atoms with Crippen molar-refractivity contribution >= 4 is 22.9 Å². The molecular formula is C15H17ClN2S. The average molecular weight is 293 g/mol. The molecule has 0 bridgehead atoms. The number of nitrogens with one attached hydrogen (secondary N) is 1. The Labute approximate surface area is 122 Å². The lowest BCUT2D eigenvalue weighted by molar-refractivity contribution is 0.358. The highest BCUT2D eigenvalue weighted by atomic mass is 35.5. The predicted molar refractivity (Wildman–Crippen MR) is 80.8 cm³/mol. The van der Waals surface area contributed by atoms with E-state index in [1.165, 1.54) is 18.4 Å². The lowest BCUT2D eigenvalue weighted by atomic mass is 9.93. The van der Waals surface area contributed by atoms with Crippen LogP contribution in [0.3, 0.4) is 0 Å². The highest BCUT2D eigenvalue weighted by Crippen LogP contribution is 2.32. The van der Waals surface area contributed by atoms with E-state index in [4.69, 9.17) is 11.6 Å². The summed E-state index contributed by atoms with van der Waals surface area (Å²) in [7, 11) is 0. The van der Waals surface area contributed by atoms with Gasteiger partial charge in [0.2, 0.25) is 0 Å². The van der Waals surface area contributed by atoms with Crippen LogP contribution in [0.4, 0.5) is 0 Å². The van der Waals surface area contributed by atoms with Gasteiger partial charge in [0.05, 0.1) is 5.54 Å². The fourth-order valence-corrected chi connectivity index (χ4v) is 3.26. The van der Waals surface area contributed by atoms with Crippen LogP contribution in [-0.4, -0.2) is 11.0 Å². The van der Waals surface area contributed by atoms with E-state index in [1.54, 1.807) is 11.3 Å². The van der Waals surface area contributed by atoms with Crippen molar-refractivity contribution in [2.75, 3.05) is 0 Å². The van der Waals surface area contributed by atoms with Crippen molar-refractivity contribution in [1.82, 2.24) is 10.3 Å². The predicted octanol–water partition coefficient (Wildman–Crippen LogP) is 4.01. The lowest BCUT2D eigenvalue weighted by Gasteiger charge is -2.29. The van der Waals surface area contributed by atoms with Crippen LogP contribution in [0.1, 0.15) is 30.3 Å². The van der Waals surface area contributed by atoms with Crippen molar-refractivity contribution < 1.29 is 0 Å². The topological polar surface area (TPSA) is 24.9 Å². The Morgan fingerprint density at radius 1 is 1.37 bits per heavy atom. The molecule has 1 aromatic heterocycles. The van der Waals surface area contributed by atoms with E-state index in [9.17, 15) is 0 Å². The van der Waals surface area contributed by atoms with E-state index in [1.807, 2.05) is 23.7 Å². The number of halogens is 1. The molecule has 19 heavy (non-hydrogen) atoms. The molecule has 1 unspecified atom stereocenters. The maximum Gasteiger partial charge on any atom is 0.113 e. The van der Waals surface area contributed by atoms with Crippen LogP contribution in [0.2, 0.25) is 5.02 Å². The summed E-state index contributed by atoms with van der Waals surface area (Å²) in [6.45, 7) is 2.25. The van der Waals surface area contributed by atoms with Gasteiger partial charge in [0.15, 0.2) is 0 Å². The zero-order chi connectivity index (χ0) is 13.3. The number of aromatic nitrogens is 1. The molecular weight excluding hydrogens is 276 g/mol. The van der Waals surface area contributed by atoms with Crippen molar-refractivity contribution in [3.63, 3.8) is 0 Å². The second-order valence-electron chi connectivity index (χ2n) is 5.39. The van der Waals surface area contributed by atoms with Crippen LogP contribution < -0.4 is 5.32 Å². The molecule has 1 saturated carbocycles. The van der Waals surface area contributed by atoms with Gasteiger partial charge in [-0.1, -0.05) is 23.7 Å². The Bertz CT molecular complexity index is 534. The third-order valence-electron chi connectivity index (χ3n) is 3.48. The number of thiazole rings is 1. The van der Waals surface area contributed by atoms with Crippen molar-refractivity contribution in [1.29, 1.82) is 0 Å². The molecule has 1 aliphatic rings. The van der Waals surface area contributed by atoms with Crippen molar-refractivity contribution in [2.24, 2.45) is 0 Å². The van der Waals surface area contributed by atoms with Crippen LogP contribution in [0.15, 0.2) is 35.8 Å². The quantitative estimate of drug-likeness (QED) is 0.901. The van der Waals surface area contributed by atoms with Crippen LogP contribution in [0.25, 0.3) is 0 Å². The van der Waals surface area contributed by atoms with Gasteiger partial charge in [0.25, 0.3) is 0 Å². The van der Waals surface area contributed by atoms with Gasteiger partial charge in [-0.2, -0.15) is 0 Å². The summed E-state index contributed by atoms with van der Waals surface area (Å²) in [6.07, 6.45) is 5.38. The highest BCUT2D eigenvalue weighted by Gasteiger charge is 2.35. The van der Waals surface area contributed by atoms with E-state index in [0.29, 0.717) is 6.04 Å². The Hall–Kier alpha value is -0.900. The normalized spacial score (nSPS) is 18.2. The summed E-state index contributed by atoms with van der Waals surface area (Å²) in [6, 6.07) is 8.76. The first-order chi connectivity index (χ1) is 9.16. The molecule has 0 radical (unpaired) electrons. The van der Waals surface area contributed by atoms with E-state index in [2.05, 4.69) is 29.4 Å². The molecule has 2 nitrogen and oxygen atoms in total. The Morgan fingerprint density at radius 2 is 2.11 bits per heavy atom. The number of rotatable bonds is 5. The SMILES string of the molecule is CC(Cc1ccc(Cl)cc1)(NC1CC1)c1nccs1. The third-order valence-corrected chi connectivity index (χ3v) is 4.76. The lowest BCUT2D eigenvalue weighted by Crippen LogP contribution is -2.42. The second kappa shape index (κ2) is 5.23. The van der Waals surface area contributed by atoms with E-state index in [0.717, 1.165) is 16.5 Å². The molecule has 0 aliphatic heterocycles. The average Bonchev–Trinajstić information content (AvgIpc) is 3.02. The van der Waals surface area contributed by atoms with Gasteiger partial charge in [-0.15, -0.1) is 11.3 Å². The number of benzene rings is 1. The smallest absolute Gasteiger partial charge is 0.113 e. The molecule has 0 spiro atoms. The van der Waals surface area contributed by atoms with Crippen LogP contribution in [-0.2, 0) is 12.0 Å². The highest BCUT2D eigenvalue weighted by molar-refractivity contribution is 7.09. The zero-order valence-electron chi connectivity index (χ0n) is 10.9. The summed E-state index contributed by atoms with van der Waals surface area (Å²) in [5.74, 6) is 0. The van der Waals surface area contributed by atoms with Crippen molar-refractivity contribution in [2.45, 2.75) is 37.8 Å². The van der Waals surface area contributed by atoms with E-state index in [-0.39, 0.29) is 5.54 Å². The fraction of sp³-hybridized carbons (Fsp3) is 0.400. The summed E-state index contributed by atoms with van der Waals surface area (Å²) in [5.41, 5.74) is 1.21. The second-order valence-corrected chi connectivity index (χ2v) is 6.72. The summed E-state index contributed by atoms with van der Waals surface area (Å²) < 4.78 is 0. The van der Waals surface area contributed by atoms with Crippen LogP contribution in [0, 0.1) is 0 Å². The molecule has 1 atom stereocenters. The molecule has 0 saturated heterocycles. The Morgan fingerprint density at radius 3 is 2.68 bits per heavy atom. The standard InChI is InChI=1S/C15H17ClN2S/c1-15(18-13-6-7-13,14-17-8-9-19-14)10-11-2-4-12(16)5-3-11/h2-5,8-9,13,18H,6-7,10H2,1H3. The number of hydrogen-bond donors (Lipinski definition) is 1. The Kier molecular flexibility index (Phi) is 3.61. The summed E-state index contributed by atoms with van der Waals surface area (Å²) in [4.78, 5) is 4.51. The molecule has 3 rings (SSSR count). The molecule has 0 amide bonds. The molecule has 1 heterocycles. The monoisotopic (exact) mass is 292 g/mol. The zero-order valence-corrected chi connectivity index (χ0v) is 12.5. The molecule has 1 aliphatic carbocycles. The third kappa shape index (κ3) is 3.16. The number of hydrogen-bond acceptors (Lipinski definition) is 3. The van der Waals surface area contributed by atoms with Gasteiger partial charge in [0, 0.05) is 22.6 Å². The van der Waals surface area contributed by atoms with Gasteiger partial charge in [0.1, 0.15) is 5.01 Å². The molecule has 1 fully saturated rings. The van der Waals surface area contributed by atoms with Gasteiger partial charge in [-0.05, 0) is 43.9 Å². The summed E-state index contributed by atoms with van der Waals surface area (Å²) >= 11 is 7.67. The first kappa shape index (κ1) is 13.1. The molecule has 2 aromatic rings. The minimum Gasteiger partial charge on any atom is -0.303 e. The number of nitrogens with zero attached hydrogens (tertiary/aromatic N) is 1. The van der Waals surface area contributed by atoms with Crippen molar-refractivity contribution in [3.8, 4) is 0 Å². The Balaban J connectivity index is 1.84. The van der Waals surface area contributed by atoms with Crippen LogP contribution >= 0.6 is 22.9 Å². The minimum atomic E-state index is -0.0802. The van der Waals surface area contributed by atoms with Gasteiger partial charge >= 0.3 is 0 Å². The summed E-state index contributed by atoms with van der Waals surface area (Å²) in [5, 5.41) is 7.74. The van der Waals surface area contributed by atoms with Crippen molar-refractivity contribution in [3.05, 3.63) is 51.4 Å². The van der Waals surface area contributed by atoms with Crippen LogP contribution in [0.5, 0.6) is 0 Å². The maximum atomic E-state index is 5.95. The largest absolute Gasteiger partial charge is 0.303 e. The first-order valence-electron chi connectivity index (χ1n) is 6.58.